The lowest BCUT2D eigenvalue weighted by Gasteiger charge is -2.24. The normalized spacial score (nSPS) is 16.0. The fraction of sp³-hybridized carbons (Fsp3) is 0.125. The molecule has 0 saturated carbocycles. The molecular weight excluding hydrogens is 480 g/mol. The van der Waals surface area contributed by atoms with Gasteiger partial charge in [0.2, 0.25) is 5.78 Å². The predicted molar refractivity (Wildman–Crippen MR) is 127 cm³/mol. The number of ether oxygens (including phenoxy) is 1. The van der Waals surface area contributed by atoms with Crippen LogP contribution in [0.4, 0.5) is 5.13 Å². The number of aliphatic hydroxyl groups excluding tert-OH is 1. The van der Waals surface area contributed by atoms with E-state index in [9.17, 15) is 19.8 Å². The molecule has 0 fully saturated rings. The number of anilines is 1. The van der Waals surface area contributed by atoms with Gasteiger partial charge in [0.1, 0.15) is 5.76 Å². The summed E-state index contributed by atoms with van der Waals surface area (Å²) in [7, 11) is 1.39. The van der Waals surface area contributed by atoms with E-state index in [0.717, 1.165) is 4.70 Å². The number of hydrogen-bond acceptors (Lipinski definition) is 8. The number of aromatic hydroxyl groups is 1. The summed E-state index contributed by atoms with van der Waals surface area (Å²) < 4.78 is 11.4. The van der Waals surface area contributed by atoms with Crippen molar-refractivity contribution >= 4 is 50.0 Å². The van der Waals surface area contributed by atoms with Gasteiger partial charge in [-0.3, -0.25) is 14.5 Å². The Morgan fingerprint density at radius 1 is 1.18 bits per heavy atom. The van der Waals surface area contributed by atoms with Crippen LogP contribution in [0, 0.1) is 6.92 Å². The maximum absolute atomic E-state index is 13.4. The quantitative estimate of drug-likeness (QED) is 0.358. The smallest absolute Gasteiger partial charge is 0.296 e. The topological polar surface area (TPSA) is 113 Å². The number of aryl methyl sites for hydroxylation is 1. The first-order valence-corrected chi connectivity index (χ1v) is 11.3. The number of phenols is 1. The number of halogens is 1. The van der Waals surface area contributed by atoms with Crippen LogP contribution in [0.2, 0.25) is 5.02 Å². The number of methoxy groups -OCH3 is 1. The van der Waals surface area contributed by atoms with Crippen LogP contribution in [0.3, 0.4) is 0 Å². The first-order chi connectivity index (χ1) is 16.3. The van der Waals surface area contributed by atoms with Gasteiger partial charge >= 0.3 is 0 Å². The summed E-state index contributed by atoms with van der Waals surface area (Å²) in [6.45, 7) is 1.69. The number of thiazole rings is 1. The van der Waals surface area contributed by atoms with E-state index >= 15 is 0 Å². The van der Waals surface area contributed by atoms with Crippen molar-refractivity contribution in [2.45, 2.75) is 13.0 Å². The monoisotopic (exact) mass is 496 g/mol. The summed E-state index contributed by atoms with van der Waals surface area (Å²) in [5.74, 6) is -1.59. The molecule has 1 amide bonds. The molecule has 0 radical (unpaired) electrons. The van der Waals surface area contributed by atoms with Gasteiger partial charge in [0.25, 0.3) is 5.91 Å². The summed E-state index contributed by atoms with van der Waals surface area (Å²) >= 11 is 7.30. The van der Waals surface area contributed by atoms with E-state index < -0.39 is 23.5 Å². The van der Waals surface area contributed by atoms with E-state index in [0.29, 0.717) is 21.9 Å². The summed E-state index contributed by atoms with van der Waals surface area (Å²) in [4.78, 5) is 32.5. The number of benzene rings is 2. The molecular formula is C24H17ClN2O6S. The number of furan rings is 1. The Bertz CT molecular complexity index is 1500. The summed E-state index contributed by atoms with van der Waals surface area (Å²) in [5, 5.41) is 21.7. The molecule has 4 aromatic rings. The zero-order valence-corrected chi connectivity index (χ0v) is 19.5. The van der Waals surface area contributed by atoms with Crippen LogP contribution in [0.5, 0.6) is 11.5 Å². The van der Waals surface area contributed by atoms with Gasteiger partial charge in [-0.15, -0.1) is 0 Å². The van der Waals surface area contributed by atoms with Crippen molar-refractivity contribution in [3.8, 4) is 11.5 Å². The first kappa shape index (κ1) is 22.0. The largest absolute Gasteiger partial charge is 0.504 e. The lowest BCUT2D eigenvalue weighted by atomic mass is 9.95. The third-order valence-electron chi connectivity index (χ3n) is 5.48. The number of phenolic OH excluding ortho intramolecular Hbond substituents is 1. The Balaban J connectivity index is 1.70. The highest BCUT2D eigenvalue weighted by molar-refractivity contribution is 7.22. The number of nitrogens with zero attached hydrogens (tertiary/aromatic N) is 2. The molecule has 3 heterocycles. The zero-order chi connectivity index (χ0) is 24.1. The van der Waals surface area contributed by atoms with Crippen molar-refractivity contribution in [3.63, 3.8) is 0 Å². The Labute approximate surface area is 202 Å². The van der Waals surface area contributed by atoms with E-state index in [1.165, 1.54) is 41.5 Å². The number of carbonyl (C=O) groups is 2. The van der Waals surface area contributed by atoms with Crippen molar-refractivity contribution in [1.29, 1.82) is 0 Å². The number of fused-ring (bicyclic) bond motifs is 1. The molecule has 1 aliphatic rings. The van der Waals surface area contributed by atoms with Crippen LogP contribution in [0.1, 0.15) is 27.9 Å². The highest BCUT2D eigenvalue weighted by Gasteiger charge is 2.46. The van der Waals surface area contributed by atoms with Crippen molar-refractivity contribution in [1.82, 2.24) is 4.98 Å². The van der Waals surface area contributed by atoms with Gasteiger partial charge in [0, 0.05) is 5.02 Å². The predicted octanol–water partition coefficient (Wildman–Crippen LogP) is 5.35. The third-order valence-corrected chi connectivity index (χ3v) is 6.73. The van der Waals surface area contributed by atoms with Gasteiger partial charge in [0.15, 0.2) is 28.1 Å². The van der Waals surface area contributed by atoms with Crippen LogP contribution in [0.25, 0.3) is 10.2 Å². The molecule has 1 unspecified atom stereocenters. The minimum Gasteiger partial charge on any atom is -0.504 e. The van der Waals surface area contributed by atoms with Crippen LogP contribution in [0.15, 0.2) is 64.3 Å². The Hall–Kier alpha value is -3.82. The molecule has 2 aromatic heterocycles. The molecule has 0 spiro atoms. The van der Waals surface area contributed by atoms with Gasteiger partial charge in [-0.05, 0) is 55.0 Å². The van der Waals surface area contributed by atoms with E-state index in [1.807, 2.05) is 0 Å². The van der Waals surface area contributed by atoms with Gasteiger partial charge < -0.3 is 19.4 Å². The minimum atomic E-state index is -1.05. The number of rotatable bonds is 5. The van der Waals surface area contributed by atoms with Gasteiger partial charge in [-0.2, -0.15) is 0 Å². The lowest BCUT2D eigenvalue weighted by Crippen LogP contribution is -2.31. The maximum atomic E-state index is 13.4. The van der Waals surface area contributed by atoms with Gasteiger partial charge in [-0.25, -0.2) is 4.98 Å². The molecule has 1 atom stereocenters. The van der Waals surface area contributed by atoms with E-state index in [-0.39, 0.29) is 28.0 Å². The van der Waals surface area contributed by atoms with Crippen molar-refractivity contribution in [2.75, 3.05) is 12.0 Å². The number of hydrogen-bond donors (Lipinski definition) is 2. The molecule has 172 valence electrons. The molecule has 2 aromatic carbocycles. The van der Waals surface area contributed by atoms with Crippen LogP contribution in [-0.2, 0) is 4.79 Å². The molecule has 34 heavy (non-hydrogen) atoms. The highest BCUT2D eigenvalue weighted by Crippen LogP contribution is 2.45. The Morgan fingerprint density at radius 3 is 2.68 bits per heavy atom. The fourth-order valence-corrected chi connectivity index (χ4v) is 5.16. The fourth-order valence-electron chi connectivity index (χ4n) is 3.89. The molecule has 2 N–H and O–H groups in total. The molecule has 1 aliphatic heterocycles. The van der Waals surface area contributed by atoms with E-state index in [2.05, 4.69) is 4.98 Å². The molecule has 0 aliphatic carbocycles. The van der Waals surface area contributed by atoms with Gasteiger partial charge in [-0.1, -0.05) is 29.0 Å². The second-order valence-corrected chi connectivity index (χ2v) is 9.06. The average molecular weight is 497 g/mol. The van der Waals surface area contributed by atoms with Crippen LogP contribution in [-0.4, -0.2) is 34.0 Å². The van der Waals surface area contributed by atoms with Crippen molar-refractivity contribution in [3.05, 3.63) is 82.0 Å². The van der Waals surface area contributed by atoms with Crippen molar-refractivity contribution in [2.24, 2.45) is 0 Å². The number of Topliss-reactive ketones (excluding diaryl/α,β-unsaturated/α-hetero) is 1. The number of carbonyl (C=O) groups excluding carboxylic acids is 2. The van der Waals surface area contributed by atoms with E-state index in [4.69, 9.17) is 20.8 Å². The second-order valence-electron chi connectivity index (χ2n) is 7.62. The number of amides is 1. The average Bonchev–Trinajstić information content (AvgIpc) is 3.50. The molecule has 8 nitrogen and oxygen atoms in total. The summed E-state index contributed by atoms with van der Waals surface area (Å²) in [6.07, 6.45) is 0. The number of aliphatic hydroxyl groups is 1. The lowest BCUT2D eigenvalue weighted by molar-refractivity contribution is -0.117. The molecule has 0 saturated heterocycles. The Kier molecular flexibility index (Phi) is 5.30. The SMILES string of the molecule is COc1cc(C2C(C(=O)c3ccc(C)o3)=C(O)C(=O)N2c2nc3ccc(Cl)cc3s2)ccc1O. The standard InChI is InChI=1S/C24H17ClN2O6S/c1-11-3-8-16(33-11)21(29)19-20(12-4-7-15(28)17(9-12)32-2)27(23(31)22(19)30)24-26-14-6-5-13(25)10-18(14)34-24/h3-10,20,28,30H,1-2H3. The zero-order valence-electron chi connectivity index (χ0n) is 17.9. The molecule has 10 heteroatoms. The molecule has 0 bridgehead atoms. The molecule has 5 rings (SSSR count). The highest BCUT2D eigenvalue weighted by atomic mass is 35.5. The van der Waals surface area contributed by atoms with Crippen LogP contribution < -0.4 is 9.64 Å². The first-order valence-electron chi connectivity index (χ1n) is 10.1. The maximum Gasteiger partial charge on any atom is 0.296 e. The minimum absolute atomic E-state index is 0.0134. The van der Waals surface area contributed by atoms with E-state index in [1.54, 1.807) is 37.3 Å². The summed E-state index contributed by atoms with van der Waals surface area (Å²) in [6, 6.07) is 11.6. The van der Waals surface area contributed by atoms with Gasteiger partial charge in [0.05, 0.1) is 28.9 Å². The second kappa shape index (κ2) is 8.19. The number of ketones is 1. The summed E-state index contributed by atoms with van der Waals surface area (Å²) in [5.41, 5.74) is 0.875. The number of aromatic nitrogens is 1. The van der Waals surface area contributed by atoms with Crippen molar-refractivity contribution < 1.29 is 29.0 Å². The Morgan fingerprint density at radius 2 is 1.97 bits per heavy atom. The van der Waals surface area contributed by atoms with Crippen LogP contribution >= 0.6 is 22.9 Å². The third kappa shape index (κ3) is 3.49.